The van der Waals surface area contributed by atoms with Gasteiger partial charge in [-0.05, 0) is 30.5 Å². The maximum atomic E-state index is 15.2. The molecular formula is C31H33O4P. The first-order valence-corrected chi connectivity index (χ1v) is 14.3. The predicted octanol–water partition coefficient (Wildman–Crippen LogP) is 7.01. The summed E-state index contributed by atoms with van der Waals surface area (Å²) in [6.45, 7) is 2.58. The molecule has 3 aromatic carbocycles. The Hall–Kier alpha value is -3.20. The van der Waals surface area contributed by atoms with Crippen molar-refractivity contribution in [3.8, 4) is 0 Å². The van der Waals surface area contributed by atoms with Crippen molar-refractivity contribution >= 4 is 23.5 Å². The average Bonchev–Trinajstić information content (AvgIpc) is 3.49. The van der Waals surface area contributed by atoms with E-state index in [9.17, 15) is 4.79 Å². The summed E-state index contributed by atoms with van der Waals surface area (Å²) < 4.78 is 27.1. The first-order valence-electron chi connectivity index (χ1n) is 12.6. The van der Waals surface area contributed by atoms with Crippen LogP contribution in [0.4, 0.5) is 0 Å². The molecular weight excluding hydrogens is 467 g/mol. The third-order valence-corrected chi connectivity index (χ3v) is 9.93. The van der Waals surface area contributed by atoms with Crippen molar-refractivity contribution in [1.82, 2.24) is 0 Å². The molecule has 4 nitrogen and oxygen atoms in total. The number of carbonyl (C=O) groups excluding carboxylic acids is 1. The second kappa shape index (κ2) is 12.7. The van der Waals surface area contributed by atoms with E-state index in [1.807, 2.05) is 91.0 Å². The molecule has 5 heteroatoms. The molecule has 186 valence electrons. The zero-order chi connectivity index (χ0) is 25.2. The van der Waals surface area contributed by atoms with Crippen LogP contribution in [0.1, 0.15) is 48.7 Å². The van der Waals surface area contributed by atoms with Gasteiger partial charge in [0.1, 0.15) is 0 Å². The van der Waals surface area contributed by atoms with E-state index >= 15 is 4.57 Å². The van der Waals surface area contributed by atoms with Gasteiger partial charge in [-0.2, -0.15) is 0 Å². The monoisotopic (exact) mass is 500 g/mol. The van der Waals surface area contributed by atoms with Gasteiger partial charge in [0.2, 0.25) is 5.78 Å². The number of Topliss-reactive ketones (excluding diaryl/α,β-unsaturated/α-hetero) is 1. The van der Waals surface area contributed by atoms with Gasteiger partial charge >= 0.3 is 0 Å². The van der Waals surface area contributed by atoms with E-state index < -0.39 is 12.8 Å². The van der Waals surface area contributed by atoms with Crippen LogP contribution in [0.25, 0.3) is 0 Å². The fraction of sp³-hybridized carbons (Fsp3) is 0.258. The number of ketones is 1. The van der Waals surface area contributed by atoms with Crippen molar-refractivity contribution in [3.63, 3.8) is 0 Å². The Bertz CT molecular complexity index is 1190. The Balaban J connectivity index is 1.75. The number of hydrogen-bond donors (Lipinski definition) is 0. The molecule has 0 unspecified atom stereocenters. The minimum Gasteiger partial charge on any atom is -0.461 e. The molecule has 0 fully saturated rings. The molecule has 1 heterocycles. The maximum Gasteiger partial charge on any atom is 0.209 e. The van der Waals surface area contributed by atoms with Crippen LogP contribution in [0, 0.1) is 0 Å². The third kappa shape index (κ3) is 6.13. The minimum atomic E-state index is -3.40. The van der Waals surface area contributed by atoms with Crippen LogP contribution in [0.3, 0.4) is 0 Å². The Morgan fingerprint density at radius 3 is 1.94 bits per heavy atom. The summed E-state index contributed by atoms with van der Waals surface area (Å²) in [4.78, 5) is 14.0. The van der Waals surface area contributed by atoms with Crippen LogP contribution in [0.15, 0.2) is 114 Å². The van der Waals surface area contributed by atoms with E-state index in [-0.39, 0.29) is 17.6 Å². The quantitative estimate of drug-likeness (QED) is 0.146. The van der Waals surface area contributed by atoms with Gasteiger partial charge < -0.3 is 13.7 Å². The Morgan fingerprint density at radius 2 is 1.42 bits per heavy atom. The van der Waals surface area contributed by atoms with Crippen molar-refractivity contribution in [2.24, 2.45) is 0 Å². The first-order chi connectivity index (χ1) is 17.6. The fourth-order valence-corrected chi connectivity index (χ4v) is 7.79. The van der Waals surface area contributed by atoms with Crippen molar-refractivity contribution in [2.75, 3.05) is 0 Å². The van der Waals surface area contributed by atoms with Crippen LogP contribution < -0.4 is 10.6 Å². The van der Waals surface area contributed by atoms with Gasteiger partial charge in [0, 0.05) is 10.6 Å². The lowest BCUT2D eigenvalue weighted by Crippen LogP contribution is -2.35. The molecule has 0 aliphatic rings. The molecule has 0 bridgehead atoms. The molecule has 0 N–H and O–H groups in total. The lowest BCUT2D eigenvalue weighted by molar-refractivity contribution is 0.0270. The first kappa shape index (κ1) is 25.9. The van der Waals surface area contributed by atoms with Crippen molar-refractivity contribution in [2.45, 2.75) is 51.0 Å². The van der Waals surface area contributed by atoms with Crippen molar-refractivity contribution < 1.29 is 18.5 Å². The number of rotatable bonds is 13. The minimum absolute atomic E-state index is 0.226. The van der Waals surface area contributed by atoms with Crippen LogP contribution >= 0.6 is 7.14 Å². The van der Waals surface area contributed by atoms with Gasteiger partial charge in [0.15, 0.2) is 12.9 Å². The van der Waals surface area contributed by atoms with Crippen LogP contribution in [0.2, 0.25) is 0 Å². The molecule has 4 rings (SSSR count). The average molecular weight is 501 g/mol. The van der Waals surface area contributed by atoms with Crippen LogP contribution in [-0.4, -0.2) is 17.5 Å². The summed E-state index contributed by atoms with van der Waals surface area (Å²) in [7, 11) is -3.40. The maximum absolute atomic E-state index is 15.2. The highest BCUT2D eigenvalue weighted by Crippen LogP contribution is 2.52. The summed E-state index contributed by atoms with van der Waals surface area (Å²) in [6.07, 6.45) is 4.36. The highest BCUT2D eigenvalue weighted by Gasteiger charge is 2.43. The van der Waals surface area contributed by atoms with Crippen molar-refractivity contribution in [3.05, 3.63) is 121 Å². The van der Waals surface area contributed by atoms with Crippen LogP contribution in [0.5, 0.6) is 0 Å². The third-order valence-electron chi connectivity index (χ3n) is 6.48. The van der Waals surface area contributed by atoms with Crippen LogP contribution in [-0.2, 0) is 15.9 Å². The molecule has 0 aliphatic heterocycles. The largest absolute Gasteiger partial charge is 0.461 e. The van der Waals surface area contributed by atoms with Gasteiger partial charge in [-0.3, -0.25) is 4.79 Å². The summed E-state index contributed by atoms with van der Waals surface area (Å²) in [6, 6.07) is 32.1. The Kier molecular flexibility index (Phi) is 9.11. The number of ether oxygens (including phenoxy) is 1. The lowest BCUT2D eigenvalue weighted by Gasteiger charge is -2.30. The SMILES string of the molecule is CCCC[C@H](C[C@@H](C(=O)c1ccco1)P(=O)(c1ccccc1)c1ccccc1)OCc1ccccc1. The summed E-state index contributed by atoms with van der Waals surface area (Å²) in [5.41, 5.74) is 0.258. The van der Waals surface area contributed by atoms with E-state index in [1.165, 1.54) is 6.26 Å². The van der Waals surface area contributed by atoms with E-state index in [4.69, 9.17) is 9.15 Å². The molecule has 1 aromatic heterocycles. The summed E-state index contributed by atoms with van der Waals surface area (Å²) in [5.74, 6) is -0.0229. The molecule has 2 atom stereocenters. The number of carbonyl (C=O) groups is 1. The van der Waals surface area contributed by atoms with Gasteiger partial charge in [-0.1, -0.05) is 111 Å². The van der Waals surface area contributed by atoms with Gasteiger partial charge in [-0.25, -0.2) is 0 Å². The second-order valence-electron chi connectivity index (χ2n) is 8.98. The number of unbranched alkanes of at least 4 members (excludes halogenated alkanes) is 1. The second-order valence-corrected chi connectivity index (χ2v) is 12.0. The molecule has 0 saturated carbocycles. The van der Waals surface area contributed by atoms with E-state index in [0.717, 1.165) is 24.8 Å². The van der Waals surface area contributed by atoms with E-state index in [0.29, 0.717) is 23.6 Å². The molecule has 0 saturated heterocycles. The van der Waals surface area contributed by atoms with Gasteiger partial charge in [-0.15, -0.1) is 0 Å². The highest BCUT2D eigenvalue weighted by molar-refractivity contribution is 7.80. The normalized spacial score (nSPS) is 13.2. The Morgan fingerprint density at radius 1 is 0.833 bits per heavy atom. The fourth-order valence-electron chi connectivity index (χ4n) is 4.55. The molecule has 0 spiro atoms. The smallest absolute Gasteiger partial charge is 0.209 e. The standard InChI is InChI=1S/C31H33O4P/c1-2-3-16-26(35-24-25-14-7-4-8-15-25)23-30(31(32)29-21-13-22-34-29)36(33,27-17-9-5-10-18-27)28-19-11-6-12-20-28/h4-15,17-22,26,30H,2-3,16,23-24H2,1H3/t26-,30+/m1/s1. The summed E-state index contributed by atoms with van der Waals surface area (Å²) >= 11 is 0. The summed E-state index contributed by atoms with van der Waals surface area (Å²) in [5, 5.41) is 1.33. The predicted molar refractivity (Wildman–Crippen MR) is 146 cm³/mol. The number of benzene rings is 3. The van der Waals surface area contributed by atoms with E-state index in [2.05, 4.69) is 6.92 Å². The highest BCUT2D eigenvalue weighted by atomic mass is 31.2. The van der Waals surface area contributed by atoms with Gasteiger partial charge in [0.05, 0.1) is 24.6 Å². The lowest BCUT2D eigenvalue weighted by atomic mass is 10.0. The molecule has 0 amide bonds. The molecule has 4 aromatic rings. The zero-order valence-corrected chi connectivity index (χ0v) is 21.6. The molecule has 0 aliphatic carbocycles. The number of hydrogen-bond acceptors (Lipinski definition) is 4. The molecule has 36 heavy (non-hydrogen) atoms. The Labute approximate surface area is 213 Å². The topological polar surface area (TPSA) is 56.5 Å². The van der Waals surface area contributed by atoms with E-state index in [1.54, 1.807) is 12.1 Å². The zero-order valence-electron chi connectivity index (χ0n) is 20.7. The van der Waals surface area contributed by atoms with Gasteiger partial charge in [0.25, 0.3) is 0 Å². The number of furan rings is 1. The van der Waals surface area contributed by atoms with Crippen molar-refractivity contribution in [1.29, 1.82) is 0 Å². The molecule has 0 radical (unpaired) electrons.